The summed E-state index contributed by atoms with van der Waals surface area (Å²) in [7, 11) is 0. The van der Waals surface area contributed by atoms with Crippen molar-refractivity contribution in [3.8, 4) is 0 Å². The van der Waals surface area contributed by atoms with Crippen molar-refractivity contribution in [3.05, 3.63) is 88.9 Å². The van der Waals surface area contributed by atoms with Crippen molar-refractivity contribution < 1.29 is 4.79 Å². The molecule has 1 aromatic heterocycles. The number of carbonyl (C=O) groups excluding carboxylic acids is 1. The number of hydrogen-bond donors (Lipinski definition) is 2. The van der Waals surface area contributed by atoms with Gasteiger partial charge in [0.05, 0.1) is 6.04 Å². The molecule has 0 saturated heterocycles. The Labute approximate surface area is 146 Å². The van der Waals surface area contributed by atoms with E-state index in [0.717, 1.165) is 16.7 Å². The average Bonchev–Trinajstić information content (AvgIpc) is 3.03. The molecule has 3 aromatic rings. The molecule has 0 aliphatic carbocycles. The zero-order valence-corrected chi connectivity index (χ0v) is 13.9. The van der Waals surface area contributed by atoms with E-state index in [9.17, 15) is 4.79 Å². The summed E-state index contributed by atoms with van der Waals surface area (Å²) in [5, 5.41) is 6.31. The Kier molecular flexibility index (Phi) is 3.90. The lowest BCUT2D eigenvalue weighted by Crippen LogP contribution is -2.15. The molecule has 4 rings (SSSR count). The maximum Gasteiger partial charge on any atom is 0.270 e. The smallest absolute Gasteiger partial charge is 0.270 e. The molecule has 5 nitrogen and oxygen atoms in total. The molecular weight excluding hydrogens is 312 g/mol. The lowest BCUT2D eigenvalue weighted by molar-refractivity contribution is 0.0961. The van der Waals surface area contributed by atoms with Crippen LogP contribution in [0.5, 0.6) is 0 Å². The molecule has 1 amide bonds. The molecular formula is C20H18N4O. The molecule has 0 spiro atoms. The highest BCUT2D eigenvalue weighted by molar-refractivity contribution is 5.97. The summed E-state index contributed by atoms with van der Waals surface area (Å²) in [6.07, 6.45) is 1.43. The number of fused-ring (bicyclic) bond motifs is 1. The number of amides is 1. The van der Waals surface area contributed by atoms with Gasteiger partial charge in [0.15, 0.2) is 0 Å². The molecule has 0 radical (unpaired) electrons. The van der Waals surface area contributed by atoms with Crippen LogP contribution in [0.3, 0.4) is 0 Å². The maximum atomic E-state index is 11.9. The van der Waals surface area contributed by atoms with Crippen molar-refractivity contribution in [3.63, 3.8) is 0 Å². The SMILES string of the molecule is Cc1ccc(C(Nc2ncnc3c2CNC3=O)c2ccccc2)cc1. The van der Waals surface area contributed by atoms with Gasteiger partial charge in [-0.1, -0.05) is 60.2 Å². The van der Waals surface area contributed by atoms with E-state index >= 15 is 0 Å². The number of nitrogens with zero attached hydrogens (tertiary/aromatic N) is 2. The molecule has 0 fully saturated rings. The number of nitrogens with one attached hydrogen (secondary N) is 2. The van der Waals surface area contributed by atoms with E-state index in [1.165, 1.54) is 11.9 Å². The monoisotopic (exact) mass is 330 g/mol. The van der Waals surface area contributed by atoms with E-state index in [2.05, 4.69) is 63.9 Å². The van der Waals surface area contributed by atoms with E-state index in [-0.39, 0.29) is 11.9 Å². The first-order valence-corrected chi connectivity index (χ1v) is 8.22. The van der Waals surface area contributed by atoms with Crippen LogP contribution < -0.4 is 10.6 Å². The second-order valence-corrected chi connectivity index (χ2v) is 6.13. The molecule has 1 aliphatic rings. The predicted molar refractivity (Wildman–Crippen MR) is 96.3 cm³/mol. The Morgan fingerprint density at radius 1 is 1.00 bits per heavy atom. The number of carbonyl (C=O) groups is 1. The van der Waals surface area contributed by atoms with Gasteiger partial charge in [-0.25, -0.2) is 9.97 Å². The standard InChI is InChI=1S/C20H18N4O/c1-13-7-9-15(10-8-13)17(14-5-3-2-4-6-14)24-19-16-11-21-20(25)18(16)22-12-23-19/h2-10,12,17H,11H2,1H3,(H,21,25)(H,22,23,24). The lowest BCUT2D eigenvalue weighted by Gasteiger charge is -2.21. The maximum absolute atomic E-state index is 11.9. The molecule has 25 heavy (non-hydrogen) atoms. The molecule has 0 saturated carbocycles. The van der Waals surface area contributed by atoms with Crippen LogP contribution in [0, 0.1) is 6.92 Å². The third-order valence-electron chi connectivity index (χ3n) is 4.41. The second-order valence-electron chi connectivity index (χ2n) is 6.13. The van der Waals surface area contributed by atoms with Crippen molar-refractivity contribution in [2.45, 2.75) is 19.5 Å². The van der Waals surface area contributed by atoms with Crippen LogP contribution in [0.15, 0.2) is 60.9 Å². The van der Waals surface area contributed by atoms with Crippen LogP contribution in [0.2, 0.25) is 0 Å². The lowest BCUT2D eigenvalue weighted by atomic mass is 9.97. The summed E-state index contributed by atoms with van der Waals surface area (Å²) >= 11 is 0. The molecule has 5 heteroatoms. The van der Waals surface area contributed by atoms with Gasteiger partial charge in [-0.2, -0.15) is 0 Å². The van der Waals surface area contributed by atoms with Gasteiger partial charge in [-0.05, 0) is 18.1 Å². The molecule has 0 bridgehead atoms. The predicted octanol–water partition coefficient (Wildman–Crippen LogP) is 3.23. The number of anilines is 1. The van der Waals surface area contributed by atoms with Gasteiger partial charge in [-0.15, -0.1) is 0 Å². The quantitative estimate of drug-likeness (QED) is 0.771. The van der Waals surface area contributed by atoms with E-state index in [4.69, 9.17) is 0 Å². The first-order chi connectivity index (χ1) is 12.2. The summed E-state index contributed by atoms with van der Waals surface area (Å²) in [5.41, 5.74) is 4.76. The normalized spacial score (nSPS) is 13.9. The highest BCUT2D eigenvalue weighted by atomic mass is 16.2. The third kappa shape index (κ3) is 2.96. The number of benzene rings is 2. The summed E-state index contributed by atoms with van der Waals surface area (Å²) in [6, 6.07) is 18.6. The van der Waals surface area contributed by atoms with E-state index < -0.39 is 0 Å². The van der Waals surface area contributed by atoms with Crippen molar-refractivity contribution in [2.24, 2.45) is 0 Å². The summed E-state index contributed by atoms with van der Waals surface area (Å²) in [5.74, 6) is 0.546. The highest BCUT2D eigenvalue weighted by Crippen LogP contribution is 2.29. The summed E-state index contributed by atoms with van der Waals surface area (Å²) < 4.78 is 0. The fourth-order valence-electron chi connectivity index (χ4n) is 3.05. The first-order valence-electron chi connectivity index (χ1n) is 8.22. The van der Waals surface area contributed by atoms with Gasteiger partial charge in [0.2, 0.25) is 0 Å². The minimum absolute atomic E-state index is 0.0588. The molecule has 1 aliphatic heterocycles. The Balaban J connectivity index is 1.75. The number of hydrogen-bond acceptors (Lipinski definition) is 4. The van der Waals surface area contributed by atoms with Gasteiger partial charge in [0.25, 0.3) is 5.91 Å². The zero-order valence-electron chi connectivity index (χ0n) is 13.9. The van der Waals surface area contributed by atoms with Crippen molar-refractivity contribution in [1.29, 1.82) is 0 Å². The minimum atomic E-state index is -0.146. The van der Waals surface area contributed by atoms with Crippen LogP contribution in [-0.4, -0.2) is 15.9 Å². The molecule has 2 aromatic carbocycles. The summed E-state index contributed by atoms with van der Waals surface area (Å²) in [4.78, 5) is 20.3. The van der Waals surface area contributed by atoms with Gasteiger partial charge >= 0.3 is 0 Å². The van der Waals surface area contributed by atoms with Crippen molar-refractivity contribution >= 4 is 11.7 Å². The fourth-order valence-corrected chi connectivity index (χ4v) is 3.05. The number of aryl methyl sites for hydroxylation is 1. The Morgan fingerprint density at radius 3 is 2.48 bits per heavy atom. The topological polar surface area (TPSA) is 66.9 Å². The number of aromatic nitrogens is 2. The van der Waals surface area contributed by atoms with Gasteiger partial charge in [-0.3, -0.25) is 4.79 Å². The van der Waals surface area contributed by atoms with Crippen LogP contribution in [0.4, 0.5) is 5.82 Å². The third-order valence-corrected chi connectivity index (χ3v) is 4.41. The van der Waals surface area contributed by atoms with Crippen LogP contribution >= 0.6 is 0 Å². The van der Waals surface area contributed by atoms with E-state index in [0.29, 0.717) is 18.1 Å². The highest BCUT2D eigenvalue weighted by Gasteiger charge is 2.25. The Bertz CT molecular complexity index is 907. The first kappa shape index (κ1) is 15.3. The van der Waals surface area contributed by atoms with Crippen molar-refractivity contribution in [1.82, 2.24) is 15.3 Å². The number of rotatable bonds is 4. The molecule has 2 N–H and O–H groups in total. The molecule has 1 atom stereocenters. The average molecular weight is 330 g/mol. The Morgan fingerprint density at radius 2 is 1.72 bits per heavy atom. The van der Waals surface area contributed by atoms with Crippen molar-refractivity contribution in [2.75, 3.05) is 5.32 Å². The largest absolute Gasteiger partial charge is 0.359 e. The van der Waals surface area contributed by atoms with Gasteiger partial charge in [0.1, 0.15) is 17.8 Å². The fraction of sp³-hybridized carbons (Fsp3) is 0.150. The van der Waals surface area contributed by atoms with Crippen LogP contribution in [-0.2, 0) is 6.54 Å². The Hall–Kier alpha value is -3.21. The molecule has 2 heterocycles. The van der Waals surface area contributed by atoms with Crippen LogP contribution in [0.1, 0.15) is 38.8 Å². The van der Waals surface area contributed by atoms with Gasteiger partial charge in [0, 0.05) is 12.1 Å². The zero-order chi connectivity index (χ0) is 17.2. The van der Waals surface area contributed by atoms with Gasteiger partial charge < -0.3 is 10.6 Å². The molecule has 124 valence electrons. The molecule has 1 unspecified atom stereocenters. The van der Waals surface area contributed by atoms with E-state index in [1.807, 2.05) is 18.2 Å². The summed E-state index contributed by atoms with van der Waals surface area (Å²) in [6.45, 7) is 2.52. The van der Waals surface area contributed by atoms with Crippen LogP contribution in [0.25, 0.3) is 0 Å². The van der Waals surface area contributed by atoms with E-state index in [1.54, 1.807) is 0 Å². The minimum Gasteiger partial charge on any atom is -0.359 e. The second kappa shape index (κ2) is 6.36.